The van der Waals surface area contributed by atoms with Crippen molar-refractivity contribution in [2.75, 3.05) is 0 Å². The summed E-state index contributed by atoms with van der Waals surface area (Å²) in [5.74, 6) is 1.04. The van der Waals surface area contributed by atoms with Crippen molar-refractivity contribution < 1.29 is 5.21 Å². The van der Waals surface area contributed by atoms with Crippen LogP contribution in [0.15, 0.2) is 5.16 Å². The number of oxime groups is 1. The summed E-state index contributed by atoms with van der Waals surface area (Å²) in [4.78, 5) is 0. The Bertz CT molecular complexity index is 170. The monoisotopic (exact) mass is 198 g/mol. The molecule has 0 aromatic carbocycles. The predicted molar refractivity (Wildman–Crippen MR) is 58.5 cm³/mol. The molecule has 1 aliphatic carbocycles. The molecule has 1 rings (SSSR count). The van der Waals surface area contributed by atoms with Crippen LogP contribution >= 0.6 is 0 Å². The molecule has 0 amide bonds. The second-order valence-corrected chi connectivity index (χ2v) is 4.36. The molecule has 0 radical (unpaired) electrons. The van der Waals surface area contributed by atoms with Gasteiger partial charge in [-0.05, 0) is 5.92 Å². The van der Waals surface area contributed by atoms with Gasteiger partial charge in [0.15, 0.2) is 0 Å². The molecule has 0 saturated heterocycles. The number of amidine groups is 1. The second-order valence-electron chi connectivity index (χ2n) is 4.36. The van der Waals surface area contributed by atoms with Crippen LogP contribution in [0.4, 0.5) is 0 Å². The van der Waals surface area contributed by atoms with Crippen molar-refractivity contribution >= 4 is 5.84 Å². The zero-order chi connectivity index (χ0) is 10.2. The first kappa shape index (κ1) is 11.3. The van der Waals surface area contributed by atoms with Crippen molar-refractivity contribution in [3.8, 4) is 0 Å². The normalized spacial score (nSPS) is 22.4. The smallest absolute Gasteiger partial charge is 0.139 e. The highest BCUT2D eigenvalue weighted by Crippen LogP contribution is 2.23. The Morgan fingerprint density at radius 3 is 2.07 bits per heavy atom. The molecular weight excluding hydrogens is 176 g/mol. The third-order valence-electron chi connectivity index (χ3n) is 3.10. The molecule has 0 atom stereocenters. The van der Waals surface area contributed by atoms with Crippen LogP contribution in [0.3, 0.4) is 0 Å². The highest BCUT2D eigenvalue weighted by atomic mass is 16.4. The molecule has 0 heterocycles. The number of nitrogens with zero attached hydrogens (tertiary/aromatic N) is 1. The van der Waals surface area contributed by atoms with Gasteiger partial charge in [-0.1, -0.05) is 56.5 Å². The minimum absolute atomic E-state index is 0.397. The Balaban J connectivity index is 2.32. The molecule has 0 spiro atoms. The van der Waals surface area contributed by atoms with Crippen molar-refractivity contribution in [3.63, 3.8) is 0 Å². The lowest BCUT2D eigenvalue weighted by Crippen LogP contribution is -2.17. The van der Waals surface area contributed by atoms with Gasteiger partial charge >= 0.3 is 0 Å². The quantitative estimate of drug-likeness (QED) is 0.310. The molecule has 1 aliphatic rings. The lowest BCUT2D eigenvalue weighted by molar-refractivity contribution is 0.313. The Morgan fingerprint density at radius 1 is 1.07 bits per heavy atom. The van der Waals surface area contributed by atoms with Gasteiger partial charge in [-0.2, -0.15) is 0 Å². The molecular formula is C11H22N2O. The van der Waals surface area contributed by atoms with E-state index >= 15 is 0 Å². The molecule has 0 aromatic rings. The summed E-state index contributed by atoms with van der Waals surface area (Å²) in [6.45, 7) is 0. The molecule has 82 valence electrons. The first-order chi connectivity index (χ1) is 6.83. The Kier molecular flexibility index (Phi) is 5.42. The van der Waals surface area contributed by atoms with E-state index in [1.807, 2.05) is 0 Å². The Hall–Kier alpha value is -0.730. The summed E-state index contributed by atoms with van der Waals surface area (Å²) < 4.78 is 0. The van der Waals surface area contributed by atoms with Crippen molar-refractivity contribution in [1.29, 1.82) is 0 Å². The second kappa shape index (κ2) is 6.68. The molecule has 0 aromatic heterocycles. The minimum Gasteiger partial charge on any atom is -0.409 e. The lowest BCUT2D eigenvalue weighted by Gasteiger charge is -2.14. The summed E-state index contributed by atoms with van der Waals surface area (Å²) in [5.41, 5.74) is 5.53. The van der Waals surface area contributed by atoms with Gasteiger partial charge in [0.05, 0.1) is 0 Å². The number of hydrogen-bond acceptors (Lipinski definition) is 2. The zero-order valence-electron chi connectivity index (χ0n) is 8.91. The minimum atomic E-state index is 0.397. The average molecular weight is 198 g/mol. The van der Waals surface area contributed by atoms with E-state index in [1.54, 1.807) is 0 Å². The van der Waals surface area contributed by atoms with Gasteiger partial charge in [-0.25, -0.2) is 0 Å². The fourth-order valence-electron chi connectivity index (χ4n) is 2.26. The number of nitrogens with two attached hydrogens (primary N) is 1. The molecule has 1 fully saturated rings. The Morgan fingerprint density at radius 2 is 1.57 bits per heavy atom. The molecule has 0 aliphatic heterocycles. The molecule has 3 heteroatoms. The summed E-state index contributed by atoms with van der Waals surface area (Å²) in [6.07, 6.45) is 11.4. The fraction of sp³-hybridized carbons (Fsp3) is 0.909. The first-order valence-electron chi connectivity index (χ1n) is 5.79. The summed E-state index contributed by atoms with van der Waals surface area (Å²) in [5, 5.41) is 11.6. The van der Waals surface area contributed by atoms with Crippen LogP contribution in [0.2, 0.25) is 0 Å². The fourth-order valence-corrected chi connectivity index (χ4v) is 2.26. The van der Waals surface area contributed by atoms with E-state index in [-0.39, 0.29) is 0 Å². The van der Waals surface area contributed by atoms with E-state index in [4.69, 9.17) is 10.9 Å². The molecule has 3 N–H and O–H groups in total. The molecule has 0 unspecified atom stereocenters. The summed E-state index contributed by atoms with van der Waals surface area (Å²) in [6, 6.07) is 0. The van der Waals surface area contributed by atoms with Crippen molar-refractivity contribution in [2.24, 2.45) is 16.8 Å². The van der Waals surface area contributed by atoms with Gasteiger partial charge in [0.2, 0.25) is 0 Å². The van der Waals surface area contributed by atoms with Crippen LogP contribution in [0, 0.1) is 5.92 Å². The van der Waals surface area contributed by atoms with Crippen molar-refractivity contribution in [3.05, 3.63) is 0 Å². The van der Waals surface area contributed by atoms with Gasteiger partial charge < -0.3 is 10.9 Å². The van der Waals surface area contributed by atoms with Crippen LogP contribution in [-0.4, -0.2) is 11.0 Å². The van der Waals surface area contributed by atoms with Gasteiger partial charge in [0, 0.05) is 6.42 Å². The van der Waals surface area contributed by atoms with E-state index < -0.39 is 0 Å². The van der Waals surface area contributed by atoms with E-state index in [0.717, 1.165) is 6.42 Å². The molecule has 1 saturated carbocycles. The summed E-state index contributed by atoms with van der Waals surface area (Å²) >= 11 is 0. The third kappa shape index (κ3) is 4.49. The zero-order valence-corrected chi connectivity index (χ0v) is 8.91. The maximum atomic E-state index is 8.51. The van der Waals surface area contributed by atoms with E-state index in [0.29, 0.717) is 11.8 Å². The van der Waals surface area contributed by atoms with Crippen LogP contribution in [-0.2, 0) is 0 Å². The molecule has 3 nitrogen and oxygen atoms in total. The number of rotatable bonds is 2. The van der Waals surface area contributed by atoms with E-state index in [1.165, 1.54) is 51.4 Å². The number of hydrogen-bond donors (Lipinski definition) is 2. The maximum absolute atomic E-state index is 8.51. The van der Waals surface area contributed by atoms with Crippen molar-refractivity contribution in [2.45, 2.75) is 57.8 Å². The SMILES string of the molecule is NC(CC1CCCCCCCC1)=NO. The third-order valence-corrected chi connectivity index (χ3v) is 3.10. The van der Waals surface area contributed by atoms with Crippen LogP contribution in [0.25, 0.3) is 0 Å². The predicted octanol–water partition coefficient (Wildman–Crippen LogP) is 2.87. The molecule has 0 bridgehead atoms. The largest absolute Gasteiger partial charge is 0.409 e. The standard InChI is InChI=1S/C11H22N2O/c12-11(13-14)9-10-7-5-3-1-2-4-6-8-10/h10,14H,1-9H2,(H2,12,13). The van der Waals surface area contributed by atoms with Crippen LogP contribution < -0.4 is 5.73 Å². The van der Waals surface area contributed by atoms with E-state index in [2.05, 4.69) is 5.16 Å². The van der Waals surface area contributed by atoms with E-state index in [9.17, 15) is 0 Å². The maximum Gasteiger partial charge on any atom is 0.139 e. The van der Waals surface area contributed by atoms with Crippen LogP contribution in [0.1, 0.15) is 57.8 Å². The van der Waals surface area contributed by atoms with Gasteiger partial charge in [0.1, 0.15) is 5.84 Å². The molecule has 14 heavy (non-hydrogen) atoms. The highest BCUT2D eigenvalue weighted by Gasteiger charge is 2.12. The lowest BCUT2D eigenvalue weighted by atomic mass is 9.93. The average Bonchev–Trinajstić information content (AvgIpc) is 2.31. The first-order valence-corrected chi connectivity index (χ1v) is 5.79. The topological polar surface area (TPSA) is 58.6 Å². The van der Waals surface area contributed by atoms with Crippen LogP contribution in [0.5, 0.6) is 0 Å². The van der Waals surface area contributed by atoms with Crippen molar-refractivity contribution in [1.82, 2.24) is 0 Å². The van der Waals surface area contributed by atoms with Gasteiger partial charge in [0.25, 0.3) is 0 Å². The van der Waals surface area contributed by atoms with Gasteiger partial charge in [-0.3, -0.25) is 0 Å². The van der Waals surface area contributed by atoms with Gasteiger partial charge in [-0.15, -0.1) is 0 Å². The Labute approximate surface area is 86.4 Å². The highest BCUT2D eigenvalue weighted by molar-refractivity contribution is 5.79. The summed E-state index contributed by atoms with van der Waals surface area (Å²) in [7, 11) is 0.